The number of nitrogens with one attached hydrogen (secondary N) is 1. The van der Waals surface area contributed by atoms with Gasteiger partial charge in [-0.2, -0.15) is 0 Å². The summed E-state index contributed by atoms with van der Waals surface area (Å²) < 4.78 is 0.914. The number of hydrogen-bond acceptors (Lipinski definition) is 2. The molecule has 6 heteroatoms. The Bertz CT molecular complexity index is 551. The summed E-state index contributed by atoms with van der Waals surface area (Å²) in [7, 11) is 1.88. The number of halogens is 4. The molecule has 1 nitrogen and oxygen atoms in total. The van der Waals surface area contributed by atoms with Gasteiger partial charge in [0.25, 0.3) is 0 Å². The highest BCUT2D eigenvalue weighted by atomic mass is 79.9. The smallest absolute Gasteiger partial charge is 0.0888 e. The summed E-state index contributed by atoms with van der Waals surface area (Å²) in [5.41, 5.74) is 0.942. The summed E-state index contributed by atoms with van der Waals surface area (Å²) in [5.74, 6) is 0. The fraction of sp³-hybridized carbons (Fsp3) is 0.167. The topological polar surface area (TPSA) is 12.0 Å². The normalized spacial score (nSPS) is 12.7. The minimum atomic E-state index is -0.0231. The lowest BCUT2D eigenvalue weighted by atomic mass is 10.1. The van der Waals surface area contributed by atoms with Gasteiger partial charge in [0.1, 0.15) is 0 Å². The van der Waals surface area contributed by atoms with Crippen molar-refractivity contribution in [1.29, 1.82) is 0 Å². The molecule has 0 saturated heterocycles. The van der Waals surface area contributed by atoms with E-state index in [1.165, 1.54) is 0 Å². The van der Waals surface area contributed by atoms with Crippen LogP contribution in [0.25, 0.3) is 0 Å². The Labute approximate surface area is 133 Å². The average Bonchev–Trinajstić information content (AvgIpc) is 2.66. The maximum Gasteiger partial charge on any atom is 0.0888 e. The lowest BCUT2D eigenvalue weighted by Gasteiger charge is -2.17. The molecule has 1 heterocycles. The summed E-state index contributed by atoms with van der Waals surface area (Å²) in [6.45, 7) is 0. The maximum atomic E-state index is 6.25. The van der Waals surface area contributed by atoms with E-state index in [0.29, 0.717) is 15.1 Å². The summed E-state index contributed by atoms with van der Waals surface area (Å²) in [4.78, 5) is 1.08. The van der Waals surface area contributed by atoms with Gasteiger partial charge in [0.15, 0.2) is 0 Å². The summed E-state index contributed by atoms with van der Waals surface area (Å²) >= 11 is 23.4. The Morgan fingerprint density at radius 2 is 1.94 bits per heavy atom. The molecule has 0 aliphatic rings. The second kappa shape index (κ2) is 6.12. The Morgan fingerprint density at radius 1 is 1.22 bits per heavy atom. The van der Waals surface area contributed by atoms with Crippen LogP contribution in [-0.2, 0) is 0 Å². The van der Waals surface area contributed by atoms with Crippen molar-refractivity contribution in [3.05, 3.63) is 53.6 Å². The largest absolute Gasteiger partial charge is 0.309 e. The molecule has 0 fully saturated rings. The molecule has 2 aromatic rings. The average molecular weight is 386 g/mol. The molecule has 0 aliphatic heterocycles. The lowest BCUT2D eigenvalue weighted by molar-refractivity contribution is 0.704. The van der Waals surface area contributed by atoms with E-state index in [2.05, 4.69) is 21.2 Å². The van der Waals surface area contributed by atoms with Crippen molar-refractivity contribution < 1.29 is 0 Å². The molecule has 2 rings (SSSR count). The first-order valence-corrected chi connectivity index (χ1v) is 7.84. The monoisotopic (exact) mass is 383 g/mol. The minimum Gasteiger partial charge on any atom is -0.309 e. The van der Waals surface area contributed by atoms with E-state index >= 15 is 0 Å². The molecule has 0 saturated carbocycles. The van der Waals surface area contributed by atoms with Crippen LogP contribution in [0, 0.1) is 0 Å². The SMILES string of the molecule is CNC(c1cc(Cl)c(Br)s1)c1cccc(Cl)c1Cl. The van der Waals surface area contributed by atoms with Gasteiger partial charge in [-0.25, -0.2) is 0 Å². The van der Waals surface area contributed by atoms with E-state index in [9.17, 15) is 0 Å². The number of hydrogen-bond donors (Lipinski definition) is 1. The van der Waals surface area contributed by atoms with Crippen LogP contribution in [0.5, 0.6) is 0 Å². The molecular formula is C12H9BrCl3NS. The zero-order chi connectivity index (χ0) is 13.3. The molecule has 0 amide bonds. The van der Waals surface area contributed by atoms with Crippen molar-refractivity contribution in [3.63, 3.8) is 0 Å². The molecule has 0 bridgehead atoms. The van der Waals surface area contributed by atoms with Crippen LogP contribution < -0.4 is 5.32 Å². The van der Waals surface area contributed by atoms with Gasteiger partial charge in [-0.3, -0.25) is 0 Å². The van der Waals surface area contributed by atoms with E-state index < -0.39 is 0 Å². The first-order chi connectivity index (χ1) is 8.54. The molecule has 96 valence electrons. The first kappa shape index (κ1) is 14.6. The molecule has 1 unspecified atom stereocenters. The number of thiophene rings is 1. The molecular weight excluding hydrogens is 376 g/mol. The van der Waals surface area contributed by atoms with Crippen molar-refractivity contribution in [2.75, 3.05) is 7.05 Å². The zero-order valence-electron chi connectivity index (χ0n) is 9.31. The highest BCUT2D eigenvalue weighted by molar-refractivity contribution is 9.11. The predicted molar refractivity (Wildman–Crippen MR) is 84.4 cm³/mol. The van der Waals surface area contributed by atoms with Gasteiger partial charge in [0.05, 0.1) is 24.9 Å². The van der Waals surface area contributed by atoms with Gasteiger partial charge in [-0.05, 0) is 40.7 Å². The molecule has 18 heavy (non-hydrogen) atoms. The van der Waals surface area contributed by atoms with E-state index in [0.717, 1.165) is 14.2 Å². The van der Waals surface area contributed by atoms with Gasteiger partial charge in [0, 0.05) is 4.88 Å². The third-order valence-corrected chi connectivity index (χ3v) is 5.90. The Hall–Kier alpha value is 0.230. The van der Waals surface area contributed by atoms with Gasteiger partial charge in [0.2, 0.25) is 0 Å². The summed E-state index contributed by atoms with van der Waals surface area (Å²) in [6.07, 6.45) is 0. The van der Waals surface area contributed by atoms with Gasteiger partial charge in [-0.15, -0.1) is 11.3 Å². The number of rotatable bonds is 3. The second-order valence-corrected chi connectivity index (χ2v) is 7.23. The van der Waals surface area contributed by atoms with Crippen molar-refractivity contribution in [3.8, 4) is 0 Å². The Morgan fingerprint density at radius 3 is 2.50 bits per heavy atom. The van der Waals surface area contributed by atoms with Crippen molar-refractivity contribution in [2.45, 2.75) is 6.04 Å². The summed E-state index contributed by atoms with van der Waals surface area (Å²) in [5, 5.41) is 5.05. The molecule has 0 aliphatic carbocycles. The second-order valence-electron chi connectivity index (χ2n) is 3.64. The van der Waals surface area contributed by atoms with Crippen LogP contribution in [0.15, 0.2) is 28.1 Å². The van der Waals surface area contributed by atoms with Crippen LogP contribution >= 0.6 is 62.1 Å². The number of benzene rings is 1. The van der Waals surface area contributed by atoms with Crippen LogP contribution in [0.3, 0.4) is 0 Å². The standard InChI is InChI=1S/C12H9BrCl3NS/c1-17-11(9-5-8(15)12(13)18-9)6-3-2-4-7(14)10(6)16/h2-5,11,17H,1H3. The first-order valence-electron chi connectivity index (χ1n) is 5.10. The van der Waals surface area contributed by atoms with Crippen LogP contribution in [0.2, 0.25) is 15.1 Å². The predicted octanol–water partition coefficient (Wildman–Crippen LogP) is 5.78. The molecule has 1 atom stereocenters. The fourth-order valence-electron chi connectivity index (χ4n) is 1.70. The highest BCUT2D eigenvalue weighted by Gasteiger charge is 2.19. The Balaban J connectivity index is 2.48. The van der Waals surface area contributed by atoms with Crippen LogP contribution in [-0.4, -0.2) is 7.05 Å². The fourth-order valence-corrected chi connectivity index (χ4v) is 3.99. The van der Waals surface area contributed by atoms with Crippen molar-refractivity contribution >= 4 is 62.1 Å². The van der Waals surface area contributed by atoms with E-state index in [1.54, 1.807) is 17.4 Å². The van der Waals surface area contributed by atoms with E-state index in [-0.39, 0.29) is 6.04 Å². The molecule has 1 aromatic carbocycles. The molecule has 0 radical (unpaired) electrons. The quantitative estimate of drug-likeness (QED) is 0.706. The molecule has 0 spiro atoms. The van der Waals surface area contributed by atoms with E-state index in [1.807, 2.05) is 25.2 Å². The van der Waals surface area contributed by atoms with Crippen molar-refractivity contribution in [2.24, 2.45) is 0 Å². The van der Waals surface area contributed by atoms with Crippen LogP contribution in [0.1, 0.15) is 16.5 Å². The third kappa shape index (κ3) is 2.87. The van der Waals surface area contributed by atoms with E-state index in [4.69, 9.17) is 34.8 Å². The highest BCUT2D eigenvalue weighted by Crippen LogP contribution is 2.40. The maximum absolute atomic E-state index is 6.25. The molecule has 1 aromatic heterocycles. The minimum absolute atomic E-state index is 0.0231. The van der Waals surface area contributed by atoms with Gasteiger partial charge in [-0.1, -0.05) is 46.9 Å². The van der Waals surface area contributed by atoms with Gasteiger partial charge < -0.3 is 5.32 Å². The third-order valence-electron chi connectivity index (χ3n) is 2.53. The molecule has 1 N–H and O–H groups in total. The van der Waals surface area contributed by atoms with Crippen LogP contribution in [0.4, 0.5) is 0 Å². The van der Waals surface area contributed by atoms with Crippen molar-refractivity contribution in [1.82, 2.24) is 5.32 Å². The zero-order valence-corrected chi connectivity index (χ0v) is 14.0. The Kier molecular flexibility index (Phi) is 4.98. The lowest BCUT2D eigenvalue weighted by Crippen LogP contribution is -2.16. The van der Waals surface area contributed by atoms with Gasteiger partial charge >= 0.3 is 0 Å². The summed E-state index contributed by atoms with van der Waals surface area (Å²) in [6, 6.07) is 7.52.